The molecule has 1 aliphatic rings. The maximum absolute atomic E-state index is 5.92. The van der Waals surface area contributed by atoms with Crippen molar-refractivity contribution >= 4 is 17.6 Å². The molecule has 1 heterocycles. The van der Waals surface area contributed by atoms with E-state index in [0.29, 0.717) is 37.9 Å². The van der Waals surface area contributed by atoms with Gasteiger partial charge in [-0.2, -0.15) is 0 Å². The Morgan fingerprint density at radius 2 is 1.96 bits per heavy atom. The highest BCUT2D eigenvalue weighted by Crippen LogP contribution is 2.36. The van der Waals surface area contributed by atoms with Gasteiger partial charge < -0.3 is 15.2 Å². The molecule has 6 heteroatoms. The molecule has 0 aliphatic carbocycles. The number of nitrogens with one attached hydrogen (secondary N) is 1. The van der Waals surface area contributed by atoms with Crippen molar-refractivity contribution in [2.75, 3.05) is 30.3 Å². The van der Waals surface area contributed by atoms with Crippen LogP contribution in [0.3, 0.4) is 0 Å². The van der Waals surface area contributed by atoms with Gasteiger partial charge in [-0.05, 0) is 32.0 Å². The SMILES string of the molecule is C#Cc1cccc(NN2CN=Cc3cc(OCC)c(OCC)cc32)c1CN. The number of anilines is 2. The number of hydrogen-bond donors (Lipinski definition) is 2. The van der Waals surface area contributed by atoms with Gasteiger partial charge in [0.05, 0.1) is 24.6 Å². The molecule has 0 saturated carbocycles. The maximum atomic E-state index is 5.92. The van der Waals surface area contributed by atoms with Crippen molar-refractivity contribution in [3.05, 3.63) is 47.0 Å². The van der Waals surface area contributed by atoms with Crippen LogP contribution in [0.1, 0.15) is 30.5 Å². The van der Waals surface area contributed by atoms with E-state index < -0.39 is 0 Å². The monoisotopic (exact) mass is 364 g/mol. The molecule has 3 N–H and O–H groups in total. The van der Waals surface area contributed by atoms with Gasteiger partial charge in [0.25, 0.3) is 0 Å². The molecule has 0 bridgehead atoms. The Morgan fingerprint density at radius 3 is 2.63 bits per heavy atom. The van der Waals surface area contributed by atoms with Crippen molar-refractivity contribution in [2.24, 2.45) is 10.7 Å². The Bertz CT molecular complexity index is 886. The summed E-state index contributed by atoms with van der Waals surface area (Å²) in [6.07, 6.45) is 7.44. The summed E-state index contributed by atoms with van der Waals surface area (Å²) < 4.78 is 11.5. The number of aliphatic imine (C=N–C) groups is 1. The molecule has 2 aromatic carbocycles. The van der Waals surface area contributed by atoms with Crippen LogP contribution in [0, 0.1) is 12.3 Å². The summed E-state index contributed by atoms with van der Waals surface area (Å²) in [5.74, 6) is 4.10. The highest BCUT2D eigenvalue weighted by atomic mass is 16.5. The molecule has 0 unspecified atom stereocenters. The molecule has 0 spiro atoms. The van der Waals surface area contributed by atoms with Gasteiger partial charge in [0, 0.05) is 35.5 Å². The van der Waals surface area contributed by atoms with E-state index in [0.717, 1.165) is 28.1 Å². The number of nitrogens with two attached hydrogens (primary N) is 1. The zero-order valence-electron chi connectivity index (χ0n) is 15.7. The van der Waals surface area contributed by atoms with Crippen molar-refractivity contribution < 1.29 is 9.47 Å². The van der Waals surface area contributed by atoms with E-state index in [1.807, 2.05) is 55.4 Å². The summed E-state index contributed by atoms with van der Waals surface area (Å²) >= 11 is 0. The predicted octanol–water partition coefficient (Wildman–Crippen LogP) is 3.15. The fraction of sp³-hybridized carbons (Fsp3) is 0.286. The van der Waals surface area contributed by atoms with E-state index in [1.165, 1.54) is 0 Å². The molecule has 0 radical (unpaired) electrons. The van der Waals surface area contributed by atoms with E-state index in [-0.39, 0.29) is 0 Å². The van der Waals surface area contributed by atoms with Crippen LogP contribution in [-0.4, -0.2) is 26.1 Å². The van der Waals surface area contributed by atoms with Crippen LogP contribution >= 0.6 is 0 Å². The number of rotatable bonds is 7. The van der Waals surface area contributed by atoms with Crippen molar-refractivity contribution in [1.29, 1.82) is 0 Å². The molecule has 0 aromatic heterocycles. The lowest BCUT2D eigenvalue weighted by molar-refractivity contribution is 0.288. The summed E-state index contributed by atoms with van der Waals surface area (Å²) in [5, 5.41) is 1.95. The van der Waals surface area contributed by atoms with E-state index in [9.17, 15) is 0 Å². The van der Waals surface area contributed by atoms with Gasteiger partial charge in [0.1, 0.15) is 6.67 Å². The predicted molar refractivity (Wildman–Crippen MR) is 110 cm³/mol. The zero-order chi connectivity index (χ0) is 19.2. The third-order valence-corrected chi connectivity index (χ3v) is 4.23. The van der Waals surface area contributed by atoms with E-state index >= 15 is 0 Å². The fourth-order valence-electron chi connectivity index (χ4n) is 3.02. The smallest absolute Gasteiger partial charge is 0.163 e. The fourth-order valence-corrected chi connectivity index (χ4v) is 3.02. The lowest BCUT2D eigenvalue weighted by Gasteiger charge is -2.30. The van der Waals surface area contributed by atoms with Gasteiger partial charge >= 0.3 is 0 Å². The Kier molecular flexibility index (Phi) is 5.84. The number of hydrogen-bond acceptors (Lipinski definition) is 6. The van der Waals surface area contributed by atoms with Gasteiger partial charge in [-0.1, -0.05) is 12.0 Å². The summed E-state index contributed by atoms with van der Waals surface area (Å²) in [5.41, 5.74) is 13.8. The average Bonchev–Trinajstić information content (AvgIpc) is 2.69. The summed E-state index contributed by atoms with van der Waals surface area (Å²) in [6, 6.07) is 9.67. The van der Waals surface area contributed by atoms with Gasteiger partial charge in [-0.15, -0.1) is 6.42 Å². The molecule has 1 aliphatic heterocycles. The minimum atomic E-state index is 0.347. The standard InChI is InChI=1S/C21H24N4O2/c1-4-15-8-7-9-18(17(15)12-22)24-25-14-23-13-16-10-20(26-5-2)21(27-6-3)11-19(16)25/h1,7-11,13,24H,5-6,12,14,22H2,2-3H3. The van der Waals surface area contributed by atoms with Crippen molar-refractivity contribution in [3.63, 3.8) is 0 Å². The number of ether oxygens (including phenoxy) is 2. The lowest BCUT2D eigenvalue weighted by atomic mass is 10.1. The van der Waals surface area contributed by atoms with Crippen molar-refractivity contribution in [2.45, 2.75) is 20.4 Å². The molecule has 2 aromatic rings. The van der Waals surface area contributed by atoms with E-state index in [2.05, 4.69) is 16.3 Å². The van der Waals surface area contributed by atoms with Crippen LogP contribution in [0.5, 0.6) is 11.5 Å². The maximum Gasteiger partial charge on any atom is 0.163 e. The summed E-state index contributed by atoms with van der Waals surface area (Å²) in [7, 11) is 0. The number of benzene rings is 2. The Hall–Kier alpha value is -3.17. The number of nitrogens with zero attached hydrogens (tertiary/aromatic N) is 2. The highest BCUT2D eigenvalue weighted by Gasteiger charge is 2.20. The third-order valence-electron chi connectivity index (χ3n) is 4.23. The molecule has 0 fully saturated rings. The molecule has 6 nitrogen and oxygen atoms in total. The van der Waals surface area contributed by atoms with Crippen LogP contribution in [0.25, 0.3) is 0 Å². The molecule has 0 atom stereocenters. The molecular weight excluding hydrogens is 340 g/mol. The number of terminal acetylenes is 1. The Labute approximate surface area is 160 Å². The third kappa shape index (κ3) is 3.83. The quantitative estimate of drug-likeness (QED) is 0.739. The van der Waals surface area contributed by atoms with Crippen LogP contribution in [0.4, 0.5) is 11.4 Å². The van der Waals surface area contributed by atoms with Crippen molar-refractivity contribution in [1.82, 2.24) is 0 Å². The molecule has 140 valence electrons. The Morgan fingerprint density at radius 1 is 1.22 bits per heavy atom. The first kappa shape index (κ1) is 18.6. The number of hydrazine groups is 1. The van der Waals surface area contributed by atoms with Crippen LogP contribution < -0.4 is 25.6 Å². The first-order valence-corrected chi connectivity index (χ1v) is 8.98. The molecule has 0 saturated heterocycles. The molecule has 0 amide bonds. The second-order valence-corrected chi connectivity index (χ2v) is 5.90. The van der Waals surface area contributed by atoms with Gasteiger partial charge in [0.15, 0.2) is 11.5 Å². The van der Waals surface area contributed by atoms with Gasteiger partial charge in [0.2, 0.25) is 0 Å². The van der Waals surface area contributed by atoms with Crippen LogP contribution in [0.2, 0.25) is 0 Å². The summed E-state index contributed by atoms with van der Waals surface area (Å²) in [6.45, 7) is 5.82. The molecule has 27 heavy (non-hydrogen) atoms. The Balaban J connectivity index is 1.98. The summed E-state index contributed by atoms with van der Waals surface area (Å²) in [4.78, 5) is 4.44. The molecule has 3 rings (SSSR count). The van der Waals surface area contributed by atoms with Crippen LogP contribution in [0.15, 0.2) is 35.3 Å². The second kappa shape index (κ2) is 8.47. The second-order valence-electron chi connectivity index (χ2n) is 5.90. The largest absolute Gasteiger partial charge is 0.490 e. The zero-order valence-corrected chi connectivity index (χ0v) is 15.7. The topological polar surface area (TPSA) is 72.1 Å². The first-order chi connectivity index (χ1) is 13.2. The minimum Gasteiger partial charge on any atom is -0.490 e. The lowest BCUT2D eigenvalue weighted by Crippen LogP contribution is -2.33. The van der Waals surface area contributed by atoms with E-state index in [4.69, 9.17) is 21.6 Å². The van der Waals surface area contributed by atoms with Gasteiger partial charge in [-0.3, -0.25) is 15.4 Å². The first-order valence-electron chi connectivity index (χ1n) is 8.98. The van der Waals surface area contributed by atoms with E-state index in [1.54, 1.807) is 0 Å². The highest BCUT2D eigenvalue weighted by molar-refractivity contribution is 5.92. The minimum absolute atomic E-state index is 0.347. The normalized spacial score (nSPS) is 12.3. The van der Waals surface area contributed by atoms with Crippen molar-refractivity contribution in [3.8, 4) is 23.8 Å². The number of fused-ring (bicyclic) bond motifs is 1. The molecular formula is C21H24N4O2. The van der Waals surface area contributed by atoms with Crippen LogP contribution in [-0.2, 0) is 6.54 Å². The average molecular weight is 364 g/mol. The van der Waals surface area contributed by atoms with Gasteiger partial charge in [-0.25, -0.2) is 0 Å².